The van der Waals surface area contributed by atoms with Gasteiger partial charge in [-0.1, -0.05) is 109 Å². The van der Waals surface area contributed by atoms with Crippen molar-refractivity contribution in [1.29, 1.82) is 0 Å². The second-order valence-corrected chi connectivity index (χ2v) is 13.0. The SMILES string of the molecule is O=c1c2cc3ccccc3cc2c(=O)c2c(-c3ccccc3)c3c(-c4ccccc4)c4c(=O)c5cc6ccccc6cc5c(=O)c4cc3cc12. The first-order valence-electron chi connectivity index (χ1n) is 16.5. The van der Waals surface area contributed by atoms with Crippen molar-refractivity contribution in [1.82, 2.24) is 0 Å². The van der Waals surface area contributed by atoms with E-state index in [2.05, 4.69) is 0 Å². The Balaban J connectivity index is 1.52. The van der Waals surface area contributed by atoms with Crippen LogP contribution in [0.5, 0.6) is 0 Å². The Kier molecular flexibility index (Phi) is 5.85. The molecule has 10 aromatic carbocycles. The van der Waals surface area contributed by atoms with Crippen LogP contribution in [-0.4, -0.2) is 0 Å². The van der Waals surface area contributed by atoms with Crippen molar-refractivity contribution >= 4 is 75.4 Å². The van der Waals surface area contributed by atoms with Crippen molar-refractivity contribution in [3.63, 3.8) is 0 Å². The highest BCUT2D eigenvalue weighted by molar-refractivity contribution is 6.25. The quantitative estimate of drug-likeness (QED) is 0.177. The number of benzene rings is 10. The van der Waals surface area contributed by atoms with Crippen LogP contribution in [0.4, 0.5) is 0 Å². The van der Waals surface area contributed by atoms with Crippen LogP contribution in [0.25, 0.3) is 97.7 Å². The van der Waals surface area contributed by atoms with Gasteiger partial charge in [0.05, 0.1) is 0 Å². The summed E-state index contributed by atoms with van der Waals surface area (Å²) in [4.78, 5) is 58.6. The minimum atomic E-state index is -0.253. The lowest BCUT2D eigenvalue weighted by atomic mass is 9.83. The van der Waals surface area contributed by atoms with E-state index in [0.717, 1.165) is 32.7 Å². The van der Waals surface area contributed by atoms with Gasteiger partial charge in [-0.2, -0.15) is 0 Å². The maximum absolute atomic E-state index is 14.8. The summed E-state index contributed by atoms with van der Waals surface area (Å²) in [7, 11) is 0. The molecule has 0 fully saturated rings. The highest BCUT2D eigenvalue weighted by Gasteiger charge is 2.25. The maximum Gasteiger partial charge on any atom is 0.195 e. The number of hydrogen-bond donors (Lipinski definition) is 0. The molecule has 10 aromatic rings. The van der Waals surface area contributed by atoms with E-state index in [4.69, 9.17) is 0 Å². The Labute approximate surface area is 283 Å². The van der Waals surface area contributed by atoms with E-state index < -0.39 is 0 Å². The summed E-state index contributed by atoms with van der Waals surface area (Å²) in [5.74, 6) is 0. The van der Waals surface area contributed by atoms with Gasteiger partial charge < -0.3 is 0 Å². The van der Waals surface area contributed by atoms with Crippen molar-refractivity contribution in [2.24, 2.45) is 0 Å². The predicted octanol–water partition coefficient (Wildman–Crippen LogP) is 9.41. The summed E-state index contributed by atoms with van der Waals surface area (Å²) in [6, 6.07) is 45.2. The summed E-state index contributed by atoms with van der Waals surface area (Å²) in [5.41, 5.74) is 1.60. The molecule has 0 aromatic heterocycles. The smallest absolute Gasteiger partial charge is 0.195 e. The van der Waals surface area contributed by atoms with Gasteiger partial charge in [0, 0.05) is 54.2 Å². The summed E-state index contributed by atoms with van der Waals surface area (Å²) in [6.07, 6.45) is 0. The van der Waals surface area contributed by atoms with Crippen LogP contribution >= 0.6 is 0 Å². The van der Waals surface area contributed by atoms with Crippen LogP contribution in [0.15, 0.2) is 165 Å². The Hall–Kier alpha value is -6.78. The number of rotatable bonds is 2. The fourth-order valence-electron chi connectivity index (χ4n) is 7.98. The minimum absolute atomic E-state index is 0.252. The van der Waals surface area contributed by atoms with Gasteiger partial charge in [-0.15, -0.1) is 0 Å². The molecule has 0 saturated heterocycles. The molecule has 0 aliphatic heterocycles. The molecular weight excluding hydrogens is 617 g/mol. The average molecular weight is 641 g/mol. The van der Waals surface area contributed by atoms with E-state index in [0.29, 0.717) is 54.2 Å². The summed E-state index contributed by atoms with van der Waals surface area (Å²) in [6.45, 7) is 0. The molecule has 0 radical (unpaired) electrons. The average Bonchev–Trinajstić information content (AvgIpc) is 3.17. The normalized spacial score (nSPS) is 11.9. The highest BCUT2D eigenvalue weighted by atomic mass is 16.1. The molecule has 0 N–H and O–H groups in total. The third-order valence-corrected chi connectivity index (χ3v) is 10.2. The molecule has 50 heavy (non-hydrogen) atoms. The molecule has 0 amide bonds. The van der Waals surface area contributed by atoms with Gasteiger partial charge in [0.15, 0.2) is 21.7 Å². The second kappa shape index (κ2) is 10.4. The monoisotopic (exact) mass is 640 g/mol. The van der Waals surface area contributed by atoms with Crippen molar-refractivity contribution in [3.8, 4) is 22.3 Å². The predicted molar refractivity (Wildman–Crippen MR) is 207 cm³/mol. The second-order valence-electron chi connectivity index (χ2n) is 13.0. The molecule has 0 bridgehead atoms. The lowest BCUT2D eigenvalue weighted by Gasteiger charge is -2.18. The number of hydrogen-bond acceptors (Lipinski definition) is 4. The van der Waals surface area contributed by atoms with E-state index >= 15 is 0 Å². The molecular formula is C46H24O4. The Bertz CT molecular complexity index is 3100. The van der Waals surface area contributed by atoms with E-state index in [1.54, 1.807) is 36.4 Å². The molecule has 0 atom stereocenters. The van der Waals surface area contributed by atoms with Gasteiger partial charge in [-0.05, 0) is 79.8 Å². The van der Waals surface area contributed by atoms with Crippen LogP contribution < -0.4 is 21.7 Å². The zero-order chi connectivity index (χ0) is 33.7. The van der Waals surface area contributed by atoms with Gasteiger partial charge in [0.25, 0.3) is 0 Å². The fourth-order valence-corrected chi connectivity index (χ4v) is 7.98. The van der Waals surface area contributed by atoms with Gasteiger partial charge >= 0.3 is 0 Å². The van der Waals surface area contributed by atoms with Crippen LogP contribution in [0, 0.1) is 0 Å². The minimum Gasteiger partial charge on any atom is -0.289 e. The van der Waals surface area contributed by atoms with E-state index in [1.807, 2.05) is 109 Å². The van der Waals surface area contributed by atoms with E-state index in [1.165, 1.54) is 0 Å². The zero-order valence-corrected chi connectivity index (χ0v) is 26.5. The van der Waals surface area contributed by atoms with Crippen LogP contribution in [0.3, 0.4) is 0 Å². The summed E-state index contributed by atoms with van der Waals surface area (Å²) >= 11 is 0. The zero-order valence-electron chi connectivity index (χ0n) is 26.5. The third-order valence-electron chi connectivity index (χ3n) is 10.2. The van der Waals surface area contributed by atoms with Crippen LogP contribution in [-0.2, 0) is 0 Å². The topological polar surface area (TPSA) is 68.3 Å². The van der Waals surface area contributed by atoms with Crippen LogP contribution in [0.2, 0.25) is 0 Å². The lowest BCUT2D eigenvalue weighted by molar-refractivity contribution is 1.63. The largest absolute Gasteiger partial charge is 0.289 e. The lowest BCUT2D eigenvalue weighted by Crippen LogP contribution is -2.16. The first-order valence-corrected chi connectivity index (χ1v) is 16.5. The molecule has 0 unspecified atom stereocenters. The van der Waals surface area contributed by atoms with Gasteiger partial charge in [-0.25, -0.2) is 0 Å². The molecule has 0 heterocycles. The summed E-state index contributed by atoms with van der Waals surface area (Å²) in [5, 5.41) is 7.31. The van der Waals surface area contributed by atoms with Crippen molar-refractivity contribution in [2.45, 2.75) is 0 Å². The van der Waals surface area contributed by atoms with Crippen LogP contribution in [0.1, 0.15) is 0 Å². The molecule has 4 heteroatoms. The molecule has 0 aliphatic carbocycles. The molecule has 0 spiro atoms. The third kappa shape index (κ3) is 3.87. The van der Waals surface area contributed by atoms with Gasteiger partial charge in [0.1, 0.15) is 0 Å². The van der Waals surface area contributed by atoms with Crippen molar-refractivity contribution < 1.29 is 0 Å². The van der Waals surface area contributed by atoms with Gasteiger partial charge in [-0.3, -0.25) is 19.2 Å². The Morgan fingerprint density at radius 3 is 0.920 bits per heavy atom. The van der Waals surface area contributed by atoms with Gasteiger partial charge in [0.2, 0.25) is 0 Å². The molecule has 0 saturated carbocycles. The first-order chi connectivity index (χ1) is 24.5. The van der Waals surface area contributed by atoms with E-state index in [9.17, 15) is 19.2 Å². The fraction of sp³-hybridized carbons (Fsp3) is 0. The molecule has 10 rings (SSSR count). The first kappa shape index (κ1) is 28.3. The van der Waals surface area contributed by atoms with Crippen molar-refractivity contribution in [2.75, 3.05) is 0 Å². The Morgan fingerprint density at radius 1 is 0.260 bits per heavy atom. The standard InChI is InChI=1S/C46H24O4/c47-43-32-19-27-15-7-9-17-29(27)21-34(32)45(49)41-36(43)23-31-24-37-42(46(50)35-22-30-18-10-8-16-28(30)20-33(35)44(37)48)39(26-13-5-2-6-14-26)40(31)38(41)25-11-3-1-4-12-25/h1-24H. The molecule has 4 nitrogen and oxygen atoms in total. The van der Waals surface area contributed by atoms with Crippen molar-refractivity contribution in [3.05, 3.63) is 186 Å². The number of fused-ring (bicyclic) bond motifs is 7. The Morgan fingerprint density at radius 2 is 0.560 bits per heavy atom. The summed E-state index contributed by atoms with van der Waals surface area (Å²) < 4.78 is 0. The van der Waals surface area contributed by atoms with E-state index in [-0.39, 0.29) is 32.5 Å². The molecule has 0 aliphatic rings. The highest BCUT2D eigenvalue weighted by Crippen LogP contribution is 2.43. The molecule has 232 valence electrons. The maximum atomic E-state index is 14.8.